The molecule has 0 aromatic heterocycles. The number of hydrogen-bond acceptors (Lipinski definition) is 3. The van der Waals surface area contributed by atoms with E-state index in [0.717, 1.165) is 22.6 Å². The van der Waals surface area contributed by atoms with E-state index in [1.807, 2.05) is 0 Å². The number of rotatable bonds is 2. The largest absolute Gasteiger partial charge is 0.741 e. The summed E-state index contributed by atoms with van der Waals surface area (Å²) in [5.74, 6) is 0. The third-order valence-corrected chi connectivity index (χ3v) is 14.4. The average Bonchev–Trinajstić information content (AvgIpc) is 3.27. The van der Waals surface area contributed by atoms with Gasteiger partial charge in [-0.3, -0.25) is 0 Å². The maximum Gasteiger partial charge on any atom is 0.485 e. The Morgan fingerprint density at radius 1 is 0.703 bits per heavy atom. The second-order valence-electron chi connectivity index (χ2n) is 9.85. The molecule has 4 atom stereocenters. The summed E-state index contributed by atoms with van der Waals surface area (Å²) in [6.45, 7) is 10.0. The zero-order valence-electron chi connectivity index (χ0n) is 22.1. The van der Waals surface area contributed by atoms with Crippen LogP contribution in [-0.2, 0) is 29.6 Å². The summed E-state index contributed by atoms with van der Waals surface area (Å²) < 4.78 is 58.9. The minimum Gasteiger partial charge on any atom is -0.741 e. The van der Waals surface area contributed by atoms with Crippen molar-refractivity contribution in [1.82, 2.24) is 0 Å². The standard InChI is InChI=1S/C18H28P2.C8H12.CHF3O3S.Rh/c1-13-9-10-14(2)19(13)17-7-5-6-8-18(17)20-15(3)11-12-16(20)4;1-2-4-6-8-7-5-3-1;2-1(3,4)8(5,6)7;/h5-8,13-16H,9-12H2,1-4H3;1-2,7-8H,3-6H2;(H,5,6,7);/p-1/b;2-1-,8-7?;;/t13-,14-,15-,16-;;;/m0.../s1. The molecule has 3 aliphatic rings. The number of hydrogen-bond donors (Lipinski definition) is 0. The first kappa shape index (κ1) is 34.9. The van der Waals surface area contributed by atoms with E-state index in [0.29, 0.717) is 0 Å². The molecule has 0 spiro atoms. The molecule has 4 rings (SSSR count). The molecule has 1 aliphatic carbocycles. The Morgan fingerprint density at radius 3 is 1.16 bits per heavy atom. The van der Waals surface area contributed by atoms with E-state index in [1.54, 1.807) is 10.6 Å². The smallest absolute Gasteiger partial charge is 0.485 e. The van der Waals surface area contributed by atoms with Gasteiger partial charge in [0.25, 0.3) is 0 Å². The van der Waals surface area contributed by atoms with Gasteiger partial charge in [0.1, 0.15) is 0 Å². The summed E-state index contributed by atoms with van der Waals surface area (Å²) in [7, 11) is -5.93. The van der Waals surface area contributed by atoms with E-state index in [2.05, 4.69) is 76.3 Å². The van der Waals surface area contributed by atoms with Crippen LogP contribution in [0.5, 0.6) is 0 Å². The van der Waals surface area contributed by atoms with Crippen molar-refractivity contribution >= 4 is 36.6 Å². The van der Waals surface area contributed by atoms with Gasteiger partial charge < -0.3 is 4.55 Å². The minimum atomic E-state index is -6.09. The van der Waals surface area contributed by atoms with E-state index in [4.69, 9.17) is 13.0 Å². The molecule has 0 saturated carbocycles. The van der Waals surface area contributed by atoms with Gasteiger partial charge in [-0.2, -0.15) is 13.2 Å². The van der Waals surface area contributed by atoms with Crippen LogP contribution < -0.4 is 10.6 Å². The Balaban J connectivity index is 0.000000335. The average molecular weight is 667 g/mol. The van der Waals surface area contributed by atoms with Crippen molar-refractivity contribution in [2.45, 2.75) is 107 Å². The normalized spacial score (nSPS) is 27.6. The molecule has 37 heavy (non-hydrogen) atoms. The summed E-state index contributed by atoms with van der Waals surface area (Å²) in [6, 6.07) is 9.55. The molecule has 1 aromatic carbocycles. The van der Waals surface area contributed by atoms with Gasteiger partial charge in [-0.25, -0.2) is 8.42 Å². The molecule has 0 unspecified atom stereocenters. The van der Waals surface area contributed by atoms with E-state index in [-0.39, 0.29) is 35.3 Å². The molecule has 3 nitrogen and oxygen atoms in total. The summed E-state index contributed by atoms with van der Waals surface area (Å²) in [5.41, 5.74) is -1.91. The monoisotopic (exact) mass is 666 g/mol. The van der Waals surface area contributed by atoms with Crippen molar-refractivity contribution in [3.63, 3.8) is 0 Å². The zero-order valence-corrected chi connectivity index (χ0v) is 26.3. The molecule has 2 fully saturated rings. The Morgan fingerprint density at radius 2 is 0.946 bits per heavy atom. The van der Waals surface area contributed by atoms with Crippen LogP contribution in [0.4, 0.5) is 13.2 Å². The van der Waals surface area contributed by atoms with Gasteiger partial charge in [0.05, 0.1) is 0 Å². The van der Waals surface area contributed by atoms with Crippen LogP contribution in [0.3, 0.4) is 0 Å². The summed E-state index contributed by atoms with van der Waals surface area (Å²) in [6.07, 6.45) is 19.8. The van der Waals surface area contributed by atoms with Crippen molar-refractivity contribution in [3.8, 4) is 0 Å². The Kier molecular flexibility index (Phi) is 15.3. The predicted octanol–water partition coefficient (Wildman–Crippen LogP) is 7.76. The van der Waals surface area contributed by atoms with Gasteiger partial charge >= 0.3 is 5.51 Å². The second kappa shape index (κ2) is 16.2. The maximum atomic E-state index is 10.7. The van der Waals surface area contributed by atoms with Crippen LogP contribution in [0.2, 0.25) is 0 Å². The minimum absolute atomic E-state index is 0. The molecule has 0 amide bonds. The molecule has 2 heterocycles. The molecular weight excluding hydrogens is 626 g/mol. The maximum absolute atomic E-state index is 10.7. The van der Waals surface area contributed by atoms with Gasteiger partial charge in [-0.15, -0.1) is 0 Å². The van der Waals surface area contributed by atoms with Crippen molar-refractivity contribution in [1.29, 1.82) is 0 Å². The number of benzene rings is 1. The SMILES string of the molecule is C1=CCC/C=C\CC1.C[C@H]1CC[C@H](C)P1c1ccccc1P1[C@@H](C)CC[C@@H]1C.O=S(=O)([O-])C(F)(F)F.[Rh]. The first-order chi connectivity index (χ1) is 16.8. The molecule has 0 bridgehead atoms. The molecule has 1 radical (unpaired) electrons. The first-order valence-corrected chi connectivity index (χ1v) is 17.2. The van der Waals surface area contributed by atoms with Crippen molar-refractivity contribution < 1.29 is 45.6 Å². The number of allylic oxidation sites excluding steroid dienone is 4. The summed E-state index contributed by atoms with van der Waals surface area (Å²) in [4.78, 5) is 0. The van der Waals surface area contributed by atoms with Gasteiger partial charge in [0.2, 0.25) is 0 Å². The van der Waals surface area contributed by atoms with Crippen LogP contribution in [0.1, 0.15) is 79.1 Å². The molecule has 213 valence electrons. The van der Waals surface area contributed by atoms with Gasteiger partial charge in [0, 0.05) is 19.5 Å². The third-order valence-electron chi connectivity index (χ3n) is 6.96. The fourth-order valence-corrected chi connectivity index (χ4v) is 12.3. The van der Waals surface area contributed by atoms with E-state index < -0.39 is 15.6 Å². The summed E-state index contributed by atoms with van der Waals surface area (Å²) in [5, 5.41) is 3.57. The fraction of sp³-hybridized carbons (Fsp3) is 0.630. The van der Waals surface area contributed by atoms with Gasteiger partial charge in [0.15, 0.2) is 10.1 Å². The Labute approximate surface area is 237 Å². The van der Waals surface area contributed by atoms with E-state index >= 15 is 0 Å². The Hall–Kier alpha value is -0.117. The first-order valence-electron chi connectivity index (χ1n) is 12.8. The van der Waals surface area contributed by atoms with E-state index in [9.17, 15) is 13.2 Å². The number of halogens is 3. The quantitative estimate of drug-likeness (QED) is 0.107. The molecule has 0 N–H and O–H groups in total. The van der Waals surface area contributed by atoms with Gasteiger partial charge in [-0.05, 0) is 84.6 Å². The fourth-order valence-electron chi connectivity index (χ4n) is 5.10. The van der Waals surface area contributed by atoms with Crippen molar-refractivity contribution in [2.75, 3.05) is 0 Å². The van der Waals surface area contributed by atoms with E-state index in [1.165, 1.54) is 51.4 Å². The molecule has 10 heteroatoms. The Bertz CT molecular complexity index is 896. The van der Waals surface area contributed by atoms with Crippen LogP contribution in [-0.4, -0.2) is 41.1 Å². The molecular formula is C27H40F3O3P2RhS-. The van der Waals surface area contributed by atoms with Crippen molar-refractivity contribution in [3.05, 3.63) is 48.6 Å². The van der Waals surface area contributed by atoms with Crippen LogP contribution in [0, 0.1) is 0 Å². The van der Waals surface area contributed by atoms with Crippen LogP contribution in [0.25, 0.3) is 0 Å². The molecule has 1 aromatic rings. The van der Waals surface area contributed by atoms with Crippen molar-refractivity contribution in [2.24, 2.45) is 0 Å². The topological polar surface area (TPSA) is 57.2 Å². The molecule has 2 saturated heterocycles. The van der Waals surface area contributed by atoms with Crippen LogP contribution >= 0.6 is 15.8 Å². The third kappa shape index (κ3) is 10.8. The molecule has 2 aliphatic heterocycles. The van der Waals surface area contributed by atoms with Gasteiger partial charge in [-0.1, -0.05) is 92.1 Å². The second-order valence-corrected chi connectivity index (χ2v) is 17.3. The number of alkyl halides is 3. The van der Waals surface area contributed by atoms with Crippen LogP contribution in [0.15, 0.2) is 48.6 Å². The summed E-state index contributed by atoms with van der Waals surface area (Å²) >= 11 is 0. The predicted molar refractivity (Wildman–Crippen MR) is 148 cm³/mol. The zero-order chi connectivity index (χ0) is 26.9.